The lowest BCUT2D eigenvalue weighted by Crippen LogP contribution is -2.48. The van der Waals surface area contributed by atoms with Gasteiger partial charge in [0.2, 0.25) is 0 Å². The van der Waals surface area contributed by atoms with Crippen LogP contribution in [-0.2, 0) is 0 Å². The Morgan fingerprint density at radius 2 is 1.96 bits per heavy atom. The Morgan fingerprint density at radius 3 is 2.59 bits per heavy atom. The smallest absolute Gasteiger partial charge is 0.269 e. The molecule has 0 amide bonds. The summed E-state index contributed by atoms with van der Waals surface area (Å²) < 4.78 is 0. The molecule has 0 spiro atoms. The van der Waals surface area contributed by atoms with Crippen LogP contribution in [0.25, 0.3) is 0 Å². The summed E-state index contributed by atoms with van der Waals surface area (Å²) in [6.45, 7) is 10.2. The van der Waals surface area contributed by atoms with Crippen molar-refractivity contribution in [2.75, 3.05) is 11.4 Å². The molecule has 3 rings (SSSR count). The first-order chi connectivity index (χ1) is 12.8. The van der Waals surface area contributed by atoms with Gasteiger partial charge in [-0.3, -0.25) is 15.1 Å². The van der Waals surface area contributed by atoms with Gasteiger partial charge in [-0.25, -0.2) is 0 Å². The summed E-state index contributed by atoms with van der Waals surface area (Å²) in [5.41, 5.74) is 4.70. The van der Waals surface area contributed by atoms with Crippen LogP contribution in [0.15, 0.2) is 47.5 Å². The fourth-order valence-corrected chi connectivity index (χ4v) is 4.05. The van der Waals surface area contributed by atoms with Gasteiger partial charge in [-0.1, -0.05) is 19.9 Å². The second-order valence-electron chi connectivity index (χ2n) is 7.92. The molecule has 0 bridgehead atoms. The highest BCUT2D eigenvalue weighted by atomic mass is 16.6. The molecular formula is C22H27N3O2. The van der Waals surface area contributed by atoms with Crippen molar-refractivity contribution < 1.29 is 4.92 Å². The van der Waals surface area contributed by atoms with Crippen LogP contribution in [0.1, 0.15) is 57.6 Å². The summed E-state index contributed by atoms with van der Waals surface area (Å²) >= 11 is 0. The number of aliphatic imine (C=N–C) groups is 1. The van der Waals surface area contributed by atoms with Gasteiger partial charge in [0.1, 0.15) is 0 Å². The Hall–Kier alpha value is -2.69. The van der Waals surface area contributed by atoms with E-state index in [0.29, 0.717) is 11.6 Å². The molecule has 0 saturated heterocycles. The highest BCUT2D eigenvalue weighted by Crippen LogP contribution is 2.43. The second kappa shape index (κ2) is 7.51. The highest BCUT2D eigenvalue weighted by molar-refractivity contribution is 5.83. The van der Waals surface area contributed by atoms with Crippen molar-refractivity contribution in [3.63, 3.8) is 0 Å². The maximum atomic E-state index is 10.7. The predicted octanol–water partition coefficient (Wildman–Crippen LogP) is 5.85. The van der Waals surface area contributed by atoms with Crippen molar-refractivity contribution in [1.29, 1.82) is 0 Å². The summed E-state index contributed by atoms with van der Waals surface area (Å²) in [6, 6.07) is 12.8. The number of non-ortho nitro benzene ring substituents is 1. The lowest BCUT2D eigenvalue weighted by Gasteiger charge is -2.47. The number of rotatable bonds is 5. The molecule has 1 aliphatic heterocycles. The van der Waals surface area contributed by atoms with Gasteiger partial charge >= 0.3 is 0 Å². The molecule has 1 unspecified atom stereocenters. The standard InChI is InChI=1S/C22H27N3O2/c1-5-12-24-21-11-6-17(13-20(21)16(2)14-22(24,3)4)15-23-18-7-9-19(10-8-18)25(26)27/h6-11,13,15-16H,5,12,14H2,1-4H3. The molecule has 0 aromatic heterocycles. The third-order valence-electron chi connectivity index (χ3n) is 5.28. The van der Waals surface area contributed by atoms with Gasteiger partial charge in [-0.2, -0.15) is 0 Å². The lowest BCUT2D eigenvalue weighted by atomic mass is 9.79. The van der Waals surface area contributed by atoms with E-state index in [-0.39, 0.29) is 11.2 Å². The van der Waals surface area contributed by atoms with E-state index in [2.05, 4.69) is 55.8 Å². The van der Waals surface area contributed by atoms with Crippen LogP contribution < -0.4 is 4.90 Å². The molecule has 5 heteroatoms. The summed E-state index contributed by atoms with van der Waals surface area (Å²) in [5.74, 6) is 0.496. The van der Waals surface area contributed by atoms with Gasteiger partial charge in [0.25, 0.3) is 5.69 Å². The van der Waals surface area contributed by atoms with Crippen molar-refractivity contribution in [2.24, 2.45) is 4.99 Å². The number of fused-ring (bicyclic) bond motifs is 1. The number of nitro benzene ring substituents is 1. The highest BCUT2D eigenvalue weighted by Gasteiger charge is 2.35. The monoisotopic (exact) mass is 365 g/mol. The number of benzene rings is 2. The van der Waals surface area contributed by atoms with E-state index in [1.165, 1.54) is 23.4 Å². The molecule has 0 saturated carbocycles. The minimum Gasteiger partial charge on any atom is -0.366 e. The van der Waals surface area contributed by atoms with Crippen LogP contribution in [0.5, 0.6) is 0 Å². The van der Waals surface area contributed by atoms with Gasteiger partial charge in [-0.05, 0) is 68.0 Å². The van der Waals surface area contributed by atoms with Crippen molar-refractivity contribution in [3.8, 4) is 0 Å². The number of nitro groups is 1. The maximum Gasteiger partial charge on any atom is 0.269 e. The van der Waals surface area contributed by atoms with Crippen LogP contribution >= 0.6 is 0 Å². The molecule has 1 aliphatic rings. The van der Waals surface area contributed by atoms with Crippen molar-refractivity contribution >= 4 is 23.3 Å². The largest absolute Gasteiger partial charge is 0.366 e. The summed E-state index contributed by atoms with van der Waals surface area (Å²) in [4.78, 5) is 17.3. The Balaban J connectivity index is 1.87. The van der Waals surface area contributed by atoms with Crippen LogP contribution in [0.3, 0.4) is 0 Å². The molecule has 0 aliphatic carbocycles. The van der Waals surface area contributed by atoms with E-state index in [1.807, 2.05) is 6.21 Å². The van der Waals surface area contributed by atoms with Crippen LogP contribution in [0, 0.1) is 10.1 Å². The van der Waals surface area contributed by atoms with Crippen LogP contribution in [-0.4, -0.2) is 23.2 Å². The molecule has 27 heavy (non-hydrogen) atoms. The Labute approximate surface area is 160 Å². The Kier molecular flexibility index (Phi) is 5.31. The van der Waals surface area contributed by atoms with Gasteiger partial charge in [-0.15, -0.1) is 0 Å². The lowest BCUT2D eigenvalue weighted by molar-refractivity contribution is -0.384. The van der Waals surface area contributed by atoms with Crippen molar-refractivity contribution in [1.82, 2.24) is 0 Å². The third kappa shape index (κ3) is 4.02. The van der Waals surface area contributed by atoms with E-state index in [1.54, 1.807) is 12.1 Å². The normalized spacial score (nSPS) is 18.5. The van der Waals surface area contributed by atoms with Gasteiger partial charge in [0.15, 0.2) is 0 Å². The minimum absolute atomic E-state index is 0.0789. The molecule has 0 N–H and O–H groups in total. The second-order valence-corrected chi connectivity index (χ2v) is 7.92. The van der Waals surface area contributed by atoms with E-state index in [0.717, 1.165) is 24.9 Å². The summed E-state index contributed by atoms with van der Waals surface area (Å²) in [5, 5.41) is 10.7. The van der Waals surface area contributed by atoms with Crippen LogP contribution in [0.4, 0.5) is 17.1 Å². The number of hydrogen-bond donors (Lipinski definition) is 0. The fourth-order valence-electron chi connectivity index (χ4n) is 4.05. The van der Waals surface area contributed by atoms with Crippen molar-refractivity contribution in [3.05, 3.63) is 63.7 Å². The topological polar surface area (TPSA) is 58.7 Å². The zero-order chi connectivity index (χ0) is 19.6. The third-order valence-corrected chi connectivity index (χ3v) is 5.28. The fraction of sp³-hybridized carbons (Fsp3) is 0.409. The van der Waals surface area contributed by atoms with E-state index < -0.39 is 4.92 Å². The predicted molar refractivity (Wildman–Crippen MR) is 112 cm³/mol. The van der Waals surface area contributed by atoms with Crippen LogP contribution in [0.2, 0.25) is 0 Å². The number of nitrogens with zero attached hydrogens (tertiary/aromatic N) is 3. The molecule has 0 radical (unpaired) electrons. The number of anilines is 1. The molecule has 2 aromatic rings. The van der Waals surface area contributed by atoms with Gasteiger partial charge in [0.05, 0.1) is 10.6 Å². The molecule has 5 nitrogen and oxygen atoms in total. The van der Waals surface area contributed by atoms with E-state index in [4.69, 9.17) is 0 Å². The molecule has 142 valence electrons. The first-order valence-corrected chi connectivity index (χ1v) is 9.52. The first-order valence-electron chi connectivity index (χ1n) is 9.52. The van der Waals surface area contributed by atoms with E-state index >= 15 is 0 Å². The quantitative estimate of drug-likeness (QED) is 0.379. The first kappa shape index (κ1) is 19.1. The van der Waals surface area contributed by atoms with E-state index in [9.17, 15) is 10.1 Å². The SMILES string of the molecule is CCCN1c2ccc(C=Nc3ccc([N+](=O)[O-])cc3)cc2C(C)CC1(C)C. The minimum atomic E-state index is -0.401. The summed E-state index contributed by atoms with van der Waals surface area (Å²) in [6.07, 6.45) is 4.08. The Bertz CT molecular complexity index is 856. The molecule has 1 atom stereocenters. The average Bonchev–Trinajstić information content (AvgIpc) is 2.63. The van der Waals surface area contributed by atoms with Crippen molar-refractivity contribution in [2.45, 2.75) is 52.0 Å². The number of hydrogen-bond acceptors (Lipinski definition) is 4. The van der Waals surface area contributed by atoms with Gasteiger partial charge in [0, 0.05) is 36.1 Å². The molecule has 2 aromatic carbocycles. The zero-order valence-corrected chi connectivity index (χ0v) is 16.5. The molecule has 1 heterocycles. The Morgan fingerprint density at radius 1 is 1.26 bits per heavy atom. The maximum absolute atomic E-state index is 10.7. The average molecular weight is 365 g/mol. The van der Waals surface area contributed by atoms with Gasteiger partial charge < -0.3 is 4.90 Å². The molecular weight excluding hydrogens is 338 g/mol. The zero-order valence-electron chi connectivity index (χ0n) is 16.5. The molecule has 0 fully saturated rings. The summed E-state index contributed by atoms with van der Waals surface area (Å²) in [7, 11) is 0.